The van der Waals surface area contributed by atoms with E-state index in [4.69, 9.17) is 16.8 Å². The molecule has 330 valence electrons. The van der Waals surface area contributed by atoms with Crippen LogP contribution in [0.1, 0.15) is 121 Å². The van der Waals surface area contributed by atoms with Gasteiger partial charge in [0.15, 0.2) is 0 Å². The molecule has 8 rings (SSSR count). The Labute approximate surface area is 407 Å². The minimum Gasteiger partial charge on any atom is -0.507 e. The molecule has 0 aliphatic rings. The first-order valence-corrected chi connectivity index (χ1v) is 22.2. The maximum atomic E-state index is 11.5. The third kappa shape index (κ3) is 8.55. The number of hydrogen-bond donors (Lipinski definition) is 1. The Balaban J connectivity index is 0.00000760. The van der Waals surface area contributed by atoms with E-state index in [1.807, 2.05) is 53.1 Å². The summed E-state index contributed by atoms with van der Waals surface area (Å²) in [6.45, 7) is 17.2. The molecule has 4 nitrogen and oxygen atoms in total. The summed E-state index contributed by atoms with van der Waals surface area (Å²) in [6.07, 6.45) is 5.21. The summed E-state index contributed by atoms with van der Waals surface area (Å²) in [5, 5.41) is 11.5. The van der Waals surface area contributed by atoms with Gasteiger partial charge < -0.3 is 5.11 Å². The maximum Gasteiger partial charge on any atom is 0.148 e. The van der Waals surface area contributed by atoms with Gasteiger partial charge in [0.2, 0.25) is 0 Å². The summed E-state index contributed by atoms with van der Waals surface area (Å²) < 4.78 is 71.5. The van der Waals surface area contributed by atoms with Gasteiger partial charge in [0.25, 0.3) is 0 Å². The number of aryl methyl sites for hydroxylation is 1. The summed E-state index contributed by atoms with van der Waals surface area (Å²) >= 11 is 0. The van der Waals surface area contributed by atoms with Crippen LogP contribution in [0.25, 0.3) is 72.7 Å². The number of aromatic nitrogens is 3. The van der Waals surface area contributed by atoms with Crippen LogP contribution in [0.2, 0.25) is 0 Å². The van der Waals surface area contributed by atoms with Crippen LogP contribution in [0.3, 0.4) is 0 Å². The van der Waals surface area contributed by atoms with Crippen molar-refractivity contribution in [3.05, 3.63) is 168 Å². The number of benzene rings is 6. The molecule has 6 aromatic carbocycles. The standard InChI is InChI=1S/C59H62N3O.Pt/c1-11-58(9,12-2)48-26-21-27-49(59(10,13-3)14-4)54(48)42-30-31-51(39(5)34-42)62-52-28-20-25-46(55(52)61-56(62)47-24-18-19-29-53(47)63)43-35-44(37-45(36-43)57(6,7)8)50-38-41(32-33-60-50)40-22-16-15-17-23-40;/h15-34,36-38,63H,11-14H2,1-10H3;/q-1;/i5D3,15D,16D,17D,22D,23D;. The van der Waals surface area contributed by atoms with Crippen LogP contribution >= 0.6 is 0 Å². The molecule has 0 atom stereocenters. The molecule has 0 spiro atoms. The fraction of sp³-hybridized carbons (Fsp3) is 0.288. The number of pyridine rings is 1. The summed E-state index contributed by atoms with van der Waals surface area (Å²) in [6, 6.07) is 34.2. The molecule has 0 aliphatic heterocycles. The van der Waals surface area contributed by atoms with Gasteiger partial charge in [0.1, 0.15) is 11.6 Å². The third-order valence-corrected chi connectivity index (χ3v) is 13.7. The summed E-state index contributed by atoms with van der Waals surface area (Å²) in [4.78, 5) is 10.0. The minimum atomic E-state index is -2.57. The number of rotatable bonds is 12. The number of phenols is 1. The number of imidazole rings is 1. The molecule has 8 aromatic rings. The van der Waals surface area contributed by atoms with Crippen LogP contribution in [-0.2, 0) is 37.3 Å². The molecule has 1 N–H and O–H groups in total. The zero-order valence-corrected chi connectivity index (χ0v) is 40.6. The molecule has 0 bridgehead atoms. The predicted octanol–water partition coefficient (Wildman–Crippen LogP) is 16.0. The topological polar surface area (TPSA) is 50.9 Å². The molecule has 2 aromatic heterocycles. The number of phenolic OH excluding ortho intramolecular Hbond substituents is 1. The van der Waals surface area contributed by atoms with Crippen molar-refractivity contribution in [2.75, 3.05) is 0 Å². The second kappa shape index (κ2) is 18.5. The molecule has 0 saturated carbocycles. The number of nitrogens with zero attached hydrogens (tertiary/aromatic N) is 3. The van der Waals surface area contributed by atoms with Crippen molar-refractivity contribution >= 4 is 11.0 Å². The van der Waals surface area contributed by atoms with Crippen LogP contribution in [-0.4, -0.2) is 19.6 Å². The average Bonchev–Trinajstić information content (AvgIpc) is 3.75. The second-order valence-corrected chi connectivity index (χ2v) is 18.3. The van der Waals surface area contributed by atoms with Crippen LogP contribution in [0.5, 0.6) is 5.75 Å². The van der Waals surface area contributed by atoms with Crippen molar-refractivity contribution in [1.29, 1.82) is 0 Å². The van der Waals surface area contributed by atoms with Gasteiger partial charge in [0, 0.05) is 37.1 Å². The Morgan fingerprint density at radius 1 is 0.672 bits per heavy atom. The van der Waals surface area contributed by atoms with Crippen molar-refractivity contribution in [3.8, 4) is 67.5 Å². The first kappa shape index (κ1) is 36.7. The number of aromatic hydroxyl groups is 1. The van der Waals surface area contributed by atoms with Gasteiger partial charge in [-0.05, 0) is 124 Å². The zero-order chi connectivity index (χ0) is 51.5. The Kier molecular flexibility index (Phi) is 10.6. The van der Waals surface area contributed by atoms with Crippen molar-refractivity contribution in [2.45, 2.75) is 111 Å². The van der Waals surface area contributed by atoms with Crippen molar-refractivity contribution in [2.24, 2.45) is 0 Å². The van der Waals surface area contributed by atoms with Gasteiger partial charge in [-0.2, -0.15) is 0 Å². The molecule has 0 unspecified atom stereocenters. The van der Waals surface area contributed by atoms with E-state index in [0.717, 1.165) is 42.4 Å². The van der Waals surface area contributed by atoms with Crippen molar-refractivity contribution in [1.82, 2.24) is 14.5 Å². The maximum absolute atomic E-state index is 11.5. The van der Waals surface area contributed by atoms with Crippen molar-refractivity contribution < 1.29 is 37.1 Å². The number of hydrogen-bond acceptors (Lipinski definition) is 3. The molecule has 0 aliphatic carbocycles. The molecule has 0 fully saturated rings. The van der Waals surface area contributed by atoms with E-state index >= 15 is 0 Å². The second-order valence-electron chi connectivity index (χ2n) is 18.3. The normalized spacial score (nSPS) is 14.1. The average molecular weight is 1030 g/mol. The predicted molar refractivity (Wildman–Crippen MR) is 266 cm³/mol. The fourth-order valence-corrected chi connectivity index (χ4v) is 8.84. The largest absolute Gasteiger partial charge is 0.507 e. The smallest absolute Gasteiger partial charge is 0.148 e. The van der Waals surface area contributed by atoms with Gasteiger partial charge in [-0.15, -0.1) is 29.3 Å². The summed E-state index contributed by atoms with van der Waals surface area (Å²) in [5.41, 5.74) is 9.74. The van der Waals surface area contributed by atoms with Crippen LogP contribution in [0.15, 0.2) is 140 Å². The van der Waals surface area contributed by atoms with Crippen LogP contribution in [0.4, 0.5) is 0 Å². The SMILES string of the molecule is [2H]c1c([2H])c([2H])c(-c2ccnc(-c3[c-]c(-c4cccc5c4nc(-c4ccccc4O)n5-c4ccc(-c5c(C(C)(CC)CC)cccc5C(C)(CC)CC)cc4C([2H])([2H])[2H])cc(C(C)(C)C)c3)c2)c([2H])c1[2H].[Pt]. The van der Waals surface area contributed by atoms with Gasteiger partial charge in [-0.25, -0.2) is 4.98 Å². The van der Waals surface area contributed by atoms with E-state index in [2.05, 4.69) is 92.6 Å². The van der Waals surface area contributed by atoms with Gasteiger partial charge >= 0.3 is 0 Å². The first-order chi connectivity index (χ1) is 33.5. The molecule has 2 heterocycles. The molecule has 5 heteroatoms. The summed E-state index contributed by atoms with van der Waals surface area (Å²) in [5.74, 6) is 0.348. The minimum absolute atomic E-state index is 0. The Morgan fingerprint density at radius 2 is 1.31 bits per heavy atom. The van der Waals surface area contributed by atoms with E-state index in [1.54, 1.807) is 36.5 Å². The van der Waals surface area contributed by atoms with Crippen LogP contribution < -0.4 is 0 Å². The van der Waals surface area contributed by atoms with E-state index in [-0.39, 0.29) is 66.3 Å². The monoisotopic (exact) mass is 1030 g/mol. The van der Waals surface area contributed by atoms with E-state index < -0.39 is 25.0 Å². The van der Waals surface area contributed by atoms with E-state index in [1.165, 1.54) is 11.1 Å². The quantitative estimate of drug-likeness (QED) is 0.124. The summed E-state index contributed by atoms with van der Waals surface area (Å²) in [7, 11) is 0. The van der Waals surface area contributed by atoms with Gasteiger partial charge in [-0.1, -0.05) is 158 Å². The number of fused-ring (bicyclic) bond motifs is 1. The zero-order valence-electron chi connectivity index (χ0n) is 46.3. The molecule has 0 radical (unpaired) electrons. The van der Waals surface area contributed by atoms with Crippen molar-refractivity contribution in [3.63, 3.8) is 0 Å². The Hall–Kier alpha value is -5.57. The fourth-order valence-electron chi connectivity index (χ4n) is 8.84. The molecule has 0 saturated heterocycles. The van der Waals surface area contributed by atoms with E-state index in [9.17, 15) is 9.22 Å². The van der Waals surface area contributed by atoms with E-state index in [0.29, 0.717) is 56.1 Å². The Morgan fingerprint density at radius 3 is 1.95 bits per heavy atom. The van der Waals surface area contributed by atoms with Gasteiger partial charge in [-0.3, -0.25) is 9.55 Å². The molecular formula is C59H62N3OPt-. The molecule has 64 heavy (non-hydrogen) atoms. The van der Waals surface area contributed by atoms with Gasteiger partial charge in [0.05, 0.1) is 29.1 Å². The third-order valence-electron chi connectivity index (χ3n) is 13.7. The molecular weight excluding hydrogens is 962 g/mol. The first-order valence-electron chi connectivity index (χ1n) is 26.2. The van der Waals surface area contributed by atoms with Crippen LogP contribution in [0, 0.1) is 12.9 Å². The Bertz CT molecular complexity index is 3280. The number of para-hydroxylation sites is 2. The molecule has 0 amide bonds.